The summed E-state index contributed by atoms with van der Waals surface area (Å²) in [6.45, 7) is 1.39. The SMILES string of the molecule is O=C1CC(C(F)F)NC(N2CCN(c3cc(C(F)(F)F)ncn3)CC2)N1. The molecule has 26 heavy (non-hydrogen) atoms. The molecule has 2 aliphatic rings. The predicted octanol–water partition coefficient (Wildman–Crippen LogP) is 0.644. The van der Waals surface area contributed by atoms with Crippen LogP contribution in [0, 0.1) is 0 Å². The van der Waals surface area contributed by atoms with Gasteiger partial charge in [-0.1, -0.05) is 0 Å². The van der Waals surface area contributed by atoms with Crippen LogP contribution in [-0.4, -0.2) is 65.7 Å². The van der Waals surface area contributed by atoms with E-state index >= 15 is 0 Å². The van der Waals surface area contributed by atoms with Crippen LogP contribution < -0.4 is 15.5 Å². The molecule has 0 radical (unpaired) electrons. The number of hydrogen-bond donors (Lipinski definition) is 2. The summed E-state index contributed by atoms with van der Waals surface area (Å²) in [7, 11) is 0. The molecule has 144 valence electrons. The van der Waals surface area contributed by atoms with E-state index in [2.05, 4.69) is 20.6 Å². The molecule has 0 spiro atoms. The first kappa shape index (κ1) is 18.7. The van der Waals surface area contributed by atoms with Gasteiger partial charge in [-0.15, -0.1) is 0 Å². The van der Waals surface area contributed by atoms with Gasteiger partial charge in [0.2, 0.25) is 5.91 Å². The quantitative estimate of drug-likeness (QED) is 0.750. The molecule has 0 aromatic carbocycles. The molecule has 3 heterocycles. The summed E-state index contributed by atoms with van der Waals surface area (Å²) in [4.78, 5) is 22.1. The molecule has 1 aromatic rings. The summed E-state index contributed by atoms with van der Waals surface area (Å²) in [6.07, 6.45) is -7.38. The number of hydrogen-bond acceptors (Lipinski definition) is 6. The van der Waals surface area contributed by atoms with Crippen molar-refractivity contribution in [3.05, 3.63) is 18.1 Å². The molecule has 1 amide bonds. The van der Waals surface area contributed by atoms with Crippen LogP contribution in [0.4, 0.5) is 27.8 Å². The first-order valence-corrected chi connectivity index (χ1v) is 7.96. The summed E-state index contributed by atoms with van der Waals surface area (Å²) in [5.41, 5.74) is -1.02. The van der Waals surface area contributed by atoms with Crippen LogP contribution in [0.15, 0.2) is 12.4 Å². The highest BCUT2D eigenvalue weighted by Crippen LogP contribution is 2.29. The number of aromatic nitrogens is 2. The molecule has 2 atom stereocenters. The van der Waals surface area contributed by atoms with Gasteiger partial charge in [0.05, 0.1) is 6.04 Å². The second kappa shape index (κ2) is 7.27. The number of rotatable bonds is 3. The Morgan fingerprint density at radius 2 is 1.85 bits per heavy atom. The minimum atomic E-state index is -4.56. The van der Waals surface area contributed by atoms with E-state index in [0.717, 1.165) is 12.4 Å². The monoisotopic (exact) mass is 380 g/mol. The molecule has 7 nitrogen and oxygen atoms in total. The van der Waals surface area contributed by atoms with E-state index in [0.29, 0.717) is 26.2 Å². The lowest BCUT2D eigenvalue weighted by Gasteiger charge is -2.43. The van der Waals surface area contributed by atoms with Crippen molar-refractivity contribution >= 4 is 11.7 Å². The molecule has 2 aliphatic heterocycles. The zero-order chi connectivity index (χ0) is 18.9. The highest BCUT2D eigenvalue weighted by atomic mass is 19.4. The molecule has 12 heteroatoms. The molecular formula is C14H17F5N6O. The lowest BCUT2D eigenvalue weighted by atomic mass is 10.1. The Bertz CT molecular complexity index is 649. The molecule has 0 bridgehead atoms. The van der Waals surface area contributed by atoms with Gasteiger partial charge in [-0.2, -0.15) is 13.2 Å². The summed E-state index contributed by atoms with van der Waals surface area (Å²) < 4.78 is 64.0. The topological polar surface area (TPSA) is 73.4 Å². The predicted molar refractivity (Wildman–Crippen MR) is 80.3 cm³/mol. The highest BCUT2D eigenvalue weighted by molar-refractivity contribution is 5.77. The molecular weight excluding hydrogens is 363 g/mol. The fourth-order valence-electron chi connectivity index (χ4n) is 2.96. The van der Waals surface area contributed by atoms with Crippen LogP contribution in [0.2, 0.25) is 0 Å². The minimum Gasteiger partial charge on any atom is -0.354 e. The van der Waals surface area contributed by atoms with E-state index in [1.165, 1.54) is 0 Å². The molecule has 0 aliphatic carbocycles. The third kappa shape index (κ3) is 4.18. The summed E-state index contributed by atoms with van der Waals surface area (Å²) in [6, 6.07) is -0.341. The number of carbonyl (C=O) groups is 1. The van der Waals surface area contributed by atoms with Gasteiger partial charge in [0.1, 0.15) is 24.1 Å². The van der Waals surface area contributed by atoms with Crippen molar-refractivity contribution in [3.8, 4) is 0 Å². The average Bonchev–Trinajstić information content (AvgIpc) is 2.61. The Morgan fingerprint density at radius 3 is 2.46 bits per heavy atom. The van der Waals surface area contributed by atoms with Gasteiger partial charge >= 0.3 is 6.18 Å². The van der Waals surface area contributed by atoms with Gasteiger partial charge in [-0.3, -0.25) is 15.0 Å². The third-order valence-electron chi connectivity index (χ3n) is 4.33. The molecule has 3 rings (SSSR count). The molecule has 2 N–H and O–H groups in total. The second-order valence-electron chi connectivity index (χ2n) is 6.06. The average molecular weight is 380 g/mol. The smallest absolute Gasteiger partial charge is 0.354 e. The molecule has 2 unspecified atom stereocenters. The van der Waals surface area contributed by atoms with Crippen LogP contribution in [0.25, 0.3) is 0 Å². The molecule has 2 fully saturated rings. The Hall–Kier alpha value is -2.08. The Morgan fingerprint density at radius 1 is 1.15 bits per heavy atom. The third-order valence-corrected chi connectivity index (χ3v) is 4.33. The van der Waals surface area contributed by atoms with E-state index in [-0.39, 0.29) is 12.2 Å². The first-order valence-electron chi connectivity index (χ1n) is 7.96. The first-order chi connectivity index (χ1) is 12.2. The number of piperazine rings is 1. The van der Waals surface area contributed by atoms with Crippen molar-refractivity contribution < 1.29 is 26.7 Å². The fraction of sp³-hybridized carbons (Fsp3) is 0.643. The van der Waals surface area contributed by atoms with E-state index in [1.807, 2.05) is 0 Å². The van der Waals surface area contributed by atoms with Crippen LogP contribution in [0.1, 0.15) is 12.1 Å². The van der Waals surface area contributed by atoms with E-state index < -0.39 is 36.5 Å². The molecule has 0 saturated carbocycles. The van der Waals surface area contributed by atoms with Gasteiger partial charge < -0.3 is 10.2 Å². The van der Waals surface area contributed by atoms with Crippen LogP contribution in [-0.2, 0) is 11.0 Å². The number of carbonyl (C=O) groups excluding carboxylic acids is 1. The van der Waals surface area contributed by atoms with Crippen molar-refractivity contribution in [2.75, 3.05) is 31.1 Å². The highest BCUT2D eigenvalue weighted by Gasteiger charge is 2.36. The van der Waals surface area contributed by atoms with Crippen LogP contribution in [0.3, 0.4) is 0 Å². The number of anilines is 1. The Balaban J connectivity index is 1.62. The molecule has 1 aromatic heterocycles. The zero-order valence-corrected chi connectivity index (χ0v) is 13.5. The summed E-state index contributed by atoms with van der Waals surface area (Å²) >= 11 is 0. The fourth-order valence-corrected chi connectivity index (χ4v) is 2.96. The minimum absolute atomic E-state index is 0.151. The normalized spacial score (nSPS) is 25.5. The molecule has 2 saturated heterocycles. The maximum atomic E-state index is 12.9. The van der Waals surface area contributed by atoms with Crippen molar-refractivity contribution in [1.82, 2.24) is 25.5 Å². The number of amides is 1. The Kier molecular flexibility index (Phi) is 5.23. The number of halogens is 5. The van der Waals surface area contributed by atoms with Gasteiger partial charge in [0.15, 0.2) is 0 Å². The lowest BCUT2D eigenvalue weighted by molar-refractivity contribution is -0.141. The second-order valence-corrected chi connectivity index (χ2v) is 6.06. The zero-order valence-electron chi connectivity index (χ0n) is 13.5. The van der Waals surface area contributed by atoms with Crippen molar-refractivity contribution in [2.24, 2.45) is 0 Å². The number of nitrogens with zero attached hydrogens (tertiary/aromatic N) is 4. The van der Waals surface area contributed by atoms with Gasteiger partial charge in [-0.05, 0) is 0 Å². The van der Waals surface area contributed by atoms with Crippen LogP contribution in [0.5, 0.6) is 0 Å². The number of nitrogens with one attached hydrogen (secondary N) is 2. The van der Waals surface area contributed by atoms with E-state index in [4.69, 9.17) is 0 Å². The van der Waals surface area contributed by atoms with Crippen molar-refractivity contribution in [2.45, 2.75) is 31.4 Å². The Labute approximate surface area is 145 Å². The van der Waals surface area contributed by atoms with E-state index in [9.17, 15) is 26.7 Å². The summed E-state index contributed by atoms with van der Waals surface area (Å²) in [5, 5.41) is 5.29. The van der Waals surface area contributed by atoms with Crippen molar-refractivity contribution in [1.29, 1.82) is 0 Å². The van der Waals surface area contributed by atoms with Crippen LogP contribution >= 0.6 is 0 Å². The summed E-state index contributed by atoms with van der Waals surface area (Å²) in [5.74, 6) is -0.315. The lowest BCUT2D eigenvalue weighted by Crippen LogP contribution is -2.67. The maximum Gasteiger partial charge on any atom is 0.433 e. The van der Waals surface area contributed by atoms with Crippen molar-refractivity contribution in [3.63, 3.8) is 0 Å². The van der Waals surface area contributed by atoms with Gasteiger partial charge in [0.25, 0.3) is 6.43 Å². The standard InChI is InChI=1S/C14H17F5N6O/c15-12(16)8-5-11(26)23-13(22-8)25-3-1-24(2-4-25)10-6-9(14(17,18)19)20-7-21-10/h6-8,12-13,22H,1-5H2,(H,23,26). The van der Waals surface area contributed by atoms with Gasteiger partial charge in [0, 0.05) is 38.7 Å². The number of alkyl halides is 5. The van der Waals surface area contributed by atoms with E-state index in [1.54, 1.807) is 9.80 Å². The maximum absolute atomic E-state index is 12.9. The van der Waals surface area contributed by atoms with Gasteiger partial charge in [-0.25, -0.2) is 18.7 Å². The largest absolute Gasteiger partial charge is 0.433 e.